The van der Waals surface area contributed by atoms with Crippen LogP contribution in [-0.2, 0) is 6.54 Å². The van der Waals surface area contributed by atoms with Gasteiger partial charge in [-0.25, -0.2) is 9.97 Å². The molecule has 0 saturated carbocycles. The fraction of sp³-hybridized carbons (Fsp3) is 0.414. The van der Waals surface area contributed by atoms with Crippen LogP contribution in [0, 0.1) is 6.92 Å². The number of pyridine rings is 1. The van der Waals surface area contributed by atoms with E-state index < -0.39 is 0 Å². The van der Waals surface area contributed by atoms with Crippen LogP contribution >= 0.6 is 0 Å². The Hall–Kier alpha value is -4.05. The second-order valence-corrected chi connectivity index (χ2v) is 10.7. The zero-order valence-electron chi connectivity index (χ0n) is 23.2. The SMILES string of the molecule is Cc1ncc(CNC(=O)c2cc(-c3ccc(N4CCN(C(C)C)CC4)nc3)cc3c2cnn3C(C)C)c(=O)[nH]1. The van der Waals surface area contributed by atoms with E-state index in [0.717, 1.165) is 54.0 Å². The molecule has 0 bridgehead atoms. The fourth-order valence-corrected chi connectivity index (χ4v) is 5.03. The number of anilines is 1. The third-order valence-electron chi connectivity index (χ3n) is 7.34. The largest absolute Gasteiger partial charge is 0.354 e. The van der Waals surface area contributed by atoms with E-state index >= 15 is 0 Å². The molecule has 0 atom stereocenters. The zero-order chi connectivity index (χ0) is 27.7. The molecule has 1 aliphatic rings. The number of nitrogens with one attached hydrogen (secondary N) is 2. The van der Waals surface area contributed by atoms with Gasteiger partial charge in [0.05, 0.1) is 29.4 Å². The van der Waals surface area contributed by atoms with E-state index in [1.165, 1.54) is 6.20 Å². The van der Waals surface area contributed by atoms with Crippen LogP contribution in [-0.4, -0.2) is 67.8 Å². The molecule has 1 amide bonds. The average Bonchev–Trinajstić information content (AvgIpc) is 3.36. The van der Waals surface area contributed by atoms with Crippen molar-refractivity contribution in [1.29, 1.82) is 0 Å². The van der Waals surface area contributed by atoms with Gasteiger partial charge in [-0.3, -0.25) is 19.2 Å². The van der Waals surface area contributed by atoms with Gasteiger partial charge in [0.2, 0.25) is 0 Å². The summed E-state index contributed by atoms with van der Waals surface area (Å²) in [6, 6.07) is 8.73. The van der Waals surface area contributed by atoms with Crippen molar-refractivity contribution >= 4 is 22.6 Å². The van der Waals surface area contributed by atoms with Crippen molar-refractivity contribution in [3.8, 4) is 11.1 Å². The molecular formula is C29H36N8O2. The lowest BCUT2D eigenvalue weighted by molar-refractivity contribution is 0.0952. The summed E-state index contributed by atoms with van der Waals surface area (Å²) in [5, 5.41) is 8.20. The van der Waals surface area contributed by atoms with Gasteiger partial charge in [0.1, 0.15) is 11.6 Å². The molecule has 1 saturated heterocycles. The minimum atomic E-state index is -0.280. The number of aromatic amines is 1. The topological polar surface area (TPSA) is 112 Å². The maximum atomic E-state index is 13.4. The van der Waals surface area contributed by atoms with Crippen LogP contribution in [0.3, 0.4) is 0 Å². The van der Waals surface area contributed by atoms with Crippen molar-refractivity contribution in [1.82, 2.24) is 34.9 Å². The molecule has 0 spiro atoms. The molecule has 4 aromatic rings. The predicted molar refractivity (Wildman–Crippen MR) is 153 cm³/mol. The Kier molecular flexibility index (Phi) is 7.47. The Labute approximate surface area is 228 Å². The molecule has 1 fully saturated rings. The van der Waals surface area contributed by atoms with Crippen molar-refractivity contribution in [2.75, 3.05) is 31.1 Å². The quantitative estimate of drug-likeness (QED) is 0.377. The number of benzene rings is 1. The van der Waals surface area contributed by atoms with Gasteiger partial charge < -0.3 is 15.2 Å². The van der Waals surface area contributed by atoms with Gasteiger partial charge in [-0.05, 0) is 64.4 Å². The van der Waals surface area contributed by atoms with E-state index in [1.807, 2.05) is 16.9 Å². The summed E-state index contributed by atoms with van der Waals surface area (Å²) in [5.74, 6) is 1.21. The molecule has 2 N–H and O–H groups in total. The number of hydrogen-bond acceptors (Lipinski definition) is 7. The number of H-pyrrole nitrogens is 1. The summed E-state index contributed by atoms with van der Waals surface area (Å²) in [7, 11) is 0. The van der Waals surface area contributed by atoms with E-state index in [2.05, 4.69) is 76.1 Å². The van der Waals surface area contributed by atoms with E-state index in [0.29, 0.717) is 23.0 Å². The van der Waals surface area contributed by atoms with Crippen molar-refractivity contribution in [2.45, 2.75) is 53.2 Å². The maximum absolute atomic E-state index is 13.4. The number of rotatable bonds is 7. The molecule has 204 valence electrons. The van der Waals surface area contributed by atoms with Crippen LogP contribution in [0.5, 0.6) is 0 Å². The summed E-state index contributed by atoms with van der Waals surface area (Å²) >= 11 is 0. The molecule has 4 heterocycles. The summed E-state index contributed by atoms with van der Waals surface area (Å²) in [6.45, 7) is 14.3. The van der Waals surface area contributed by atoms with Gasteiger partial charge in [-0.1, -0.05) is 0 Å². The normalized spacial score (nSPS) is 14.5. The number of aromatic nitrogens is 5. The molecule has 0 aliphatic carbocycles. The van der Waals surface area contributed by atoms with Crippen molar-refractivity contribution in [2.24, 2.45) is 0 Å². The lowest BCUT2D eigenvalue weighted by atomic mass is 10.0. The molecule has 10 heteroatoms. The number of piperazine rings is 1. The summed E-state index contributed by atoms with van der Waals surface area (Å²) in [5.41, 5.74) is 3.32. The van der Waals surface area contributed by atoms with Gasteiger partial charge in [-0.15, -0.1) is 0 Å². The number of carbonyl (C=O) groups is 1. The Morgan fingerprint density at radius 1 is 0.974 bits per heavy atom. The van der Waals surface area contributed by atoms with Crippen LogP contribution in [0.2, 0.25) is 0 Å². The minimum absolute atomic E-state index is 0.0752. The highest BCUT2D eigenvalue weighted by Crippen LogP contribution is 2.30. The minimum Gasteiger partial charge on any atom is -0.354 e. The monoisotopic (exact) mass is 528 g/mol. The fourth-order valence-electron chi connectivity index (χ4n) is 5.03. The number of amides is 1. The Morgan fingerprint density at radius 3 is 2.38 bits per heavy atom. The maximum Gasteiger partial charge on any atom is 0.255 e. The molecule has 3 aromatic heterocycles. The standard InChI is InChI=1S/C29H36N8O2/c1-18(2)35-8-10-36(11-9-35)27-7-6-21(14-31-27)22-12-24(25-17-33-37(19(3)4)26(25)13-22)29(39)32-16-23-15-30-20(5)34-28(23)38/h6-7,12-15,17-19H,8-11,16H2,1-5H3,(H,32,39)(H,30,34,38). The van der Waals surface area contributed by atoms with Crippen molar-refractivity contribution in [3.63, 3.8) is 0 Å². The van der Waals surface area contributed by atoms with Gasteiger partial charge >= 0.3 is 0 Å². The molecule has 1 aliphatic heterocycles. The van der Waals surface area contributed by atoms with E-state index in [4.69, 9.17) is 4.98 Å². The van der Waals surface area contributed by atoms with Crippen LogP contribution < -0.4 is 15.8 Å². The molecule has 5 rings (SSSR count). The first-order chi connectivity index (χ1) is 18.7. The highest BCUT2D eigenvalue weighted by atomic mass is 16.1. The van der Waals surface area contributed by atoms with Crippen molar-refractivity contribution in [3.05, 3.63) is 70.2 Å². The second-order valence-electron chi connectivity index (χ2n) is 10.7. The third-order valence-corrected chi connectivity index (χ3v) is 7.34. The molecule has 39 heavy (non-hydrogen) atoms. The van der Waals surface area contributed by atoms with Gasteiger partial charge in [0, 0.05) is 61.6 Å². The first kappa shape index (κ1) is 26.6. The number of fused-ring (bicyclic) bond motifs is 1. The number of carbonyl (C=O) groups excluding carboxylic acids is 1. The smallest absolute Gasteiger partial charge is 0.255 e. The summed E-state index contributed by atoms with van der Waals surface area (Å²) in [6.07, 6.45) is 5.10. The van der Waals surface area contributed by atoms with Crippen molar-refractivity contribution < 1.29 is 4.79 Å². The Bertz CT molecular complexity index is 1530. The highest BCUT2D eigenvalue weighted by Gasteiger charge is 2.21. The van der Waals surface area contributed by atoms with Crippen LogP contribution in [0.1, 0.15) is 55.5 Å². The molecule has 1 aromatic carbocycles. The average molecular weight is 529 g/mol. The van der Waals surface area contributed by atoms with Gasteiger partial charge in [0.15, 0.2) is 0 Å². The molecule has 10 nitrogen and oxygen atoms in total. The van der Waals surface area contributed by atoms with Gasteiger partial charge in [-0.2, -0.15) is 5.10 Å². The Morgan fingerprint density at radius 2 is 1.74 bits per heavy atom. The van der Waals surface area contributed by atoms with E-state index in [1.54, 1.807) is 13.1 Å². The Balaban J connectivity index is 1.43. The number of hydrogen-bond donors (Lipinski definition) is 2. The number of nitrogens with zero attached hydrogens (tertiary/aromatic N) is 6. The summed E-state index contributed by atoms with van der Waals surface area (Å²) in [4.78, 5) is 42.0. The van der Waals surface area contributed by atoms with Crippen LogP contribution in [0.4, 0.5) is 5.82 Å². The molecule has 0 radical (unpaired) electrons. The predicted octanol–water partition coefficient (Wildman–Crippen LogP) is 3.53. The first-order valence-electron chi connectivity index (χ1n) is 13.5. The summed E-state index contributed by atoms with van der Waals surface area (Å²) < 4.78 is 1.92. The zero-order valence-corrected chi connectivity index (χ0v) is 23.2. The van der Waals surface area contributed by atoms with E-state index in [9.17, 15) is 9.59 Å². The molecular weight excluding hydrogens is 492 g/mol. The lowest BCUT2D eigenvalue weighted by Crippen LogP contribution is -2.49. The number of aryl methyl sites for hydroxylation is 1. The molecule has 0 unspecified atom stereocenters. The van der Waals surface area contributed by atoms with Gasteiger partial charge in [0.25, 0.3) is 11.5 Å². The van der Waals surface area contributed by atoms with E-state index in [-0.39, 0.29) is 24.1 Å². The highest BCUT2D eigenvalue weighted by molar-refractivity contribution is 6.08. The van der Waals surface area contributed by atoms with Crippen LogP contribution in [0.15, 0.2) is 47.7 Å². The second kappa shape index (κ2) is 11.0. The first-order valence-corrected chi connectivity index (χ1v) is 13.5. The van der Waals surface area contributed by atoms with Crippen LogP contribution in [0.25, 0.3) is 22.0 Å². The lowest BCUT2D eigenvalue weighted by Gasteiger charge is -2.37. The third kappa shape index (κ3) is 5.56.